The zero-order chi connectivity index (χ0) is 17.6. The van der Waals surface area contributed by atoms with E-state index < -0.39 is 0 Å². The average Bonchev–Trinajstić information content (AvgIpc) is 2.63. The van der Waals surface area contributed by atoms with Gasteiger partial charge < -0.3 is 5.32 Å². The minimum absolute atomic E-state index is 0.0461. The first-order valence-electron chi connectivity index (χ1n) is 8.87. The Kier molecular flexibility index (Phi) is 6.16. The Morgan fingerprint density at radius 2 is 1.88 bits per heavy atom. The van der Waals surface area contributed by atoms with E-state index in [0.29, 0.717) is 0 Å². The van der Waals surface area contributed by atoms with Crippen LogP contribution in [0.1, 0.15) is 34.3 Å². The van der Waals surface area contributed by atoms with Crippen molar-refractivity contribution in [1.82, 2.24) is 10.2 Å². The van der Waals surface area contributed by atoms with Gasteiger partial charge in [0, 0.05) is 36.1 Å². The summed E-state index contributed by atoms with van der Waals surface area (Å²) in [4.78, 5) is 16.0. The van der Waals surface area contributed by atoms with E-state index in [0.717, 1.165) is 38.0 Å². The second-order valence-electron chi connectivity index (χ2n) is 6.74. The van der Waals surface area contributed by atoms with E-state index in [1.807, 2.05) is 30.5 Å². The van der Waals surface area contributed by atoms with Crippen molar-refractivity contribution in [3.63, 3.8) is 0 Å². The first-order valence-corrected chi connectivity index (χ1v) is 10.1. The van der Waals surface area contributed by atoms with E-state index in [1.165, 1.54) is 16.0 Å². The van der Waals surface area contributed by atoms with Gasteiger partial charge in [0.2, 0.25) is 0 Å². The van der Waals surface area contributed by atoms with Crippen LogP contribution in [-0.2, 0) is 6.54 Å². The van der Waals surface area contributed by atoms with Gasteiger partial charge in [0.05, 0.1) is 0 Å². The average molecular weight is 355 g/mol. The smallest absolute Gasteiger partial charge is 0.251 e. The number of amides is 1. The molecule has 1 amide bonds. The molecule has 0 atom stereocenters. The van der Waals surface area contributed by atoms with Gasteiger partial charge in [-0.3, -0.25) is 9.69 Å². The lowest BCUT2D eigenvalue weighted by Crippen LogP contribution is -2.44. The van der Waals surface area contributed by atoms with E-state index in [2.05, 4.69) is 41.4 Å². The molecule has 1 fully saturated rings. The second-order valence-corrected chi connectivity index (χ2v) is 7.62. The number of hydrogen-bond donors (Lipinski definition) is 1. The molecular formula is C21H26N2OS. The first kappa shape index (κ1) is 18.0. The highest BCUT2D eigenvalue weighted by Gasteiger charge is 2.21. The molecule has 4 heteroatoms. The lowest BCUT2D eigenvalue weighted by molar-refractivity contribution is 0.0909. The Morgan fingerprint density at radius 1 is 1.16 bits per heavy atom. The van der Waals surface area contributed by atoms with E-state index >= 15 is 0 Å². The summed E-state index contributed by atoms with van der Waals surface area (Å²) >= 11 is 1.69. The molecule has 0 bridgehead atoms. The number of hydrogen-bond acceptors (Lipinski definition) is 3. The molecule has 3 nitrogen and oxygen atoms in total. The van der Waals surface area contributed by atoms with Crippen molar-refractivity contribution >= 4 is 17.7 Å². The molecule has 2 aromatic rings. The maximum atomic E-state index is 12.4. The van der Waals surface area contributed by atoms with Crippen LogP contribution in [0.25, 0.3) is 0 Å². The number of nitrogens with one attached hydrogen (secondary N) is 1. The minimum Gasteiger partial charge on any atom is -0.349 e. The van der Waals surface area contributed by atoms with Crippen LogP contribution >= 0.6 is 11.8 Å². The monoisotopic (exact) mass is 354 g/mol. The second kappa shape index (κ2) is 8.54. The Bertz CT molecular complexity index is 706. The van der Waals surface area contributed by atoms with Crippen LogP contribution in [0.3, 0.4) is 0 Å². The van der Waals surface area contributed by atoms with Crippen molar-refractivity contribution in [3.05, 3.63) is 65.2 Å². The molecule has 1 aliphatic heterocycles. The van der Waals surface area contributed by atoms with Gasteiger partial charge in [0.1, 0.15) is 0 Å². The third kappa shape index (κ3) is 5.10. The van der Waals surface area contributed by atoms with Crippen molar-refractivity contribution in [1.29, 1.82) is 0 Å². The summed E-state index contributed by atoms with van der Waals surface area (Å²) in [6, 6.07) is 16.8. The predicted octanol–water partition coefficient (Wildman–Crippen LogP) is 4.11. The molecule has 0 aliphatic carbocycles. The summed E-state index contributed by atoms with van der Waals surface area (Å²) in [5, 5.41) is 3.19. The van der Waals surface area contributed by atoms with Crippen LogP contribution in [0, 0.1) is 6.92 Å². The predicted molar refractivity (Wildman–Crippen MR) is 105 cm³/mol. The summed E-state index contributed by atoms with van der Waals surface area (Å²) in [5.41, 5.74) is 3.43. The molecule has 1 N–H and O–H groups in total. The molecule has 0 saturated carbocycles. The maximum absolute atomic E-state index is 12.4. The van der Waals surface area contributed by atoms with Gasteiger partial charge >= 0.3 is 0 Å². The van der Waals surface area contributed by atoms with Gasteiger partial charge in [-0.25, -0.2) is 0 Å². The number of aryl methyl sites for hydroxylation is 1. The fourth-order valence-electron chi connectivity index (χ4n) is 3.32. The molecule has 2 aromatic carbocycles. The number of thioether (sulfide) groups is 1. The summed E-state index contributed by atoms with van der Waals surface area (Å²) in [6.45, 7) is 5.20. The molecule has 0 aromatic heterocycles. The van der Waals surface area contributed by atoms with Gasteiger partial charge in [0.15, 0.2) is 0 Å². The van der Waals surface area contributed by atoms with Crippen LogP contribution in [0.15, 0.2) is 53.4 Å². The Hall–Kier alpha value is -1.78. The minimum atomic E-state index is 0.0461. The molecule has 132 valence electrons. The lowest BCUT2D eigenvalue weighted by Gasteiger charge is -2.32. The highest BCUT2D eigenvalue weighted by molar-refractivity contribution is 7.98. The summed E-state index contributed by atoms with van der Waals surface area (Å²) in [5.74, 6) is 0.0461. The highest BCUT2D eigenvalue weighted by Crippen LogP contribution is 2.17. The molecule has 25 heavy (non-hydrogen) atoms. The largest absolute Gasteiger partial charge is 0.349 e. The zero-order valence-electron chi connectivity index (χ0n) is 15.0. The SMILES string of the molecule is CSc1ccc(C(=O)NC2CCN(Cc3cccc(C)c3)CC2)cc1. The van der Waals surface area contributed by atoms with Crippen LogP contribution in [-0.4, -0.2) is 36.2 Å². The van der Waals surface area contributed by atoms with Crippen molar-refractivity contribution in [3.8, 4) is 0 Å². The fourth-order valence-corrected chi connectivity index (χ4v) is 3.72. The van der Waals surface area contributed by atoms with E-state index in [4.69, 9.17) is 0 Å². The van der Waals surface area contributed by atoms with Gasteiger partial charge in [-0.05, 0) is 55.9 Å². The molecule has 1 saturated heterocycles. The topological polar surface area (TPSA) is 32.3 Å². The number of nitrogens with zero attached hydrogens (tertiary/aromatic N) is 1. The van der Waals surface area contributed by atoms with Crippen molar-refractivity contribution in [2.45, 2.75) is 37.2 Å². The summed E-state index contributed by atoms with van der Waals surface area (Å²) < 4.78 is 0. The fraction of sp³-hybridized carbons (Fsp3) is 0.381. The van der Waals surface area contributed by atoms with E-state index in [1.54, 1.807) is 11.8 Å². The maximum Gasteiger partial charge on any atom is 0.251 e. The normalized spacial score (nSPS) is 15.9. The number of carbonyl (C=O) groups is 1. The van der Waals surface area contributed by atoms with Crippen LogP contribution < -0.4 is 5.32 Å². The number of benzene rings is 2. The third-order valence-corrected chi connectivity index (χ3v) is 5.51. The number of piperidine rings is 1. The number of likely N-dealkylation sites (tertiary alicyclic amines) is 1. The standard InChI is InChI=1S/C21H26N2OS/c1-16-4-3-5-17(14-16)15-23-12-10-19(11-13-23)22-21(24)18-6-8-20(25-2)9-7-18/h3-9,14,19H,10-13,15H2,1-2H3,(H,22,24). The van der Waals surface area contributed by atoms with Gasteiger partial charge in [-0.15, -0.1) is 11.8 Å². The molecular weight excluding hydrogens is 328 g/mol. The first-order chi connectivity index (χ1) is 12.1. The number of rotatable bonds is 5. The molecule has 0 radical (unpaired) electrons. The summed E-state index contributed by atoms with van der Waals surface area (Å²) in [6.07, 6.45) is 4.07. The van der Waals surface area contributed by atoms with Gasteiger partial charge in [0.25, 0.3) is 5.91 Å². The third-order valence-electron chi connectivity index (χ3n) is 4.76. The quantitative estimate of drug-likeness (QED) is 0.820. The van der Waals surface area contributed by atoms with Crippen LogP contribution in [0.2, 0.25) is 0 Å². The van der Waals surface area contributed by atoms with Gasteiger partial charge in [-0.2, -0.15) is 0 Å². The highest BCUT2D eigenvalue weighted by atomic mass is 32.2. The Balaban J connectivity index is 1.47. The Labute approximate surface area is 154 Å². The molecule has 3 rings (SSSR count). The molecule has 0 unspecified atom stereocenters. The van der Waals surface area contributed by atoms with E-state index in [-0.39, 0.29) is 11.9 Å². The van der Waals surface area contributed by atoms with Crippen LogP contribution in [0.4, 0.5) is 0 Å². The zero-order valence-corrected chi connectivity index (χ0v) is 15.8. The van der Waals surface area contributed by atoms with Crippen LogP contribution in [0.5, 0.6) is 0 Å². The molecule has 1 heterocycles. The number of carbonyl (C=O) groups excluding carboxylic acids is 1. The Morgan fingerprint density at radius 3 is 2.52 bits per heavy atom. The van der Waals surface area contributed by atoms with Crippen molar-refractivity contribution < 1.29 is 4.79 Å². The molecule has 1 aliphatic rings. The summed E-state index contributed by atoms with van der Waals surface area (Å²) in [7, 11) is 0. The molecule has 0 spiro atoms. The van der Waals surface area contributed by atoms with E-state index in [9.17, 15) is 4.79 Å². The van der Waals surface area contributed by atoms with Crippen molar-refractivity contribution in [2.24, 2.45) is 0 Å². The lowest BCUT2D eigenvalue weighted by atomic mass is 10.0. The van der Waals surface area contributed by atoms with Gasteiger partial charge in [-0.1, -0.05) is 29.8 Å². The van der Waals surface area contributed by atoms with Crippen molar-refractivity contribution in [2.75, 3.05) is 19.3 Å².